The van der Waals surface area contributed by atoms with Crippen molar-refractivity contribution >= 4 is 5.97 Å². The summed E-state index contributed by atoms with van der Waals surface area (Å²) in [5, 5.41) is 11.9. The van der Waals surface area contributed by atoms with E-state index in [9.17, 15) is 22.4 Å². The van der Waals surface area contributed by atoms with E-state index in [1.54, 1.807) is 0 Å². The van der Waals surface area contributed by atoms with Gasteiger partial charge in [0.2, 0.25) is 5.76 Å². The summed E-state index contributed by atoms with van der Waals surface area (Å²) in [5.74, 6) is -3.11. The fourth-order valence-corrected chi connectivity index (χ4v) is 1.40. The molecule has 0 aliphatic rings. The second-order valence-corrected chi connectivity index (χ2v) is 3.57. The van der Waals surface area contributed by atoms with Crippen molar-refractivity contribution in [3.05, 3.63) is 41.4 Å². The fourth-order valence-electron chi connectivity index (χ4n) is 1.40. The maximum atomic E-state index is 13.5. The Hall–Kier alpha value is -2.38. The number of rotatable bonds is 2. The van der Waals surface area contributed by atoms with Crippen molar-refractivity contribution in [2.75, 3.05) is 0 Å². The molecule has 0 radical (unpaired) electrons. The highest BCUT2D eigenvalue weighted by Gasteiger charge is 2.31. The average molecular weight is 275 g/mol. The zero-order valence-corrected chi connectivity index (χ0v) is 9.03. The van der Waals surface area contributed by atoms with Crippen LogP contribution in [-0.2, 0) is 6.18 Å². The first-order chi connectivity index (χ1) is 8.79. The molecule has 0 bridgehead atoms. The Morgan fingerprint density at radius 3 is 2.42 bits per heavy atom. The lowest BCUT2D eigenvalue weighted by molar-refractivity contribution is -0.137. The monoisotopic (exact) mass is 275 g/mol. The van der Waals surface area contributed by atoms with Crippen molar-refractivity contribution in [1.82, 2.24) is 5.16 Å². The van der Waals surface area contributed by atoms with Gasteiger partial charge in [-0.3, -0.25) is 0 Å². The van der Waals surface area contributed by atoms with Crippen LogP contribution in [0, 0.1) is 5.82 Å². The van der Waals surface area contributed by atoms with Crippen molar-refractivity contribution in [2.24, 2.45) is 0 Å². The van der Waals surface area contributed by atoms with Crippen LogP contribution in [0.1, 0.15) is 16.1 Å². The Labute approximate surface area is 103 Å². The van der Waals surface area contributed by atoms with Crippen LogP contribution in [0.4, 0.5) is 17.6 Å². The number of nitrogens with zero attached hydrogens (tertiary/aromatic N) is 1. The van der Waals surface area contributed by atoms with Gasteiger partial charge in [0, 0.05) is 11.6 Å². The number of carbonyl (C=O) groups is 1. The summed E-state index contributed by atoms with van der Waals surface area (Å²) in [6.07, 6.45) is -4.66. The first kappa shape index (κ1) is 13.1. The number of aromatic carboxylic acids is 1. The molecule has 1 aromatic carbocycles. The first-order valence-electron chi connectivity index (χ1n) is 4.86. The molecule has 0 saturated carbocycles. The van der Waals surface area contributed by atoms with E-state index in [1.165, 1.54) is 0 Å². The number of carboxylic acid groups (broad SMARTS) is 1. The molecule has 0 unspecified atom stereocenters. The molecule has 1 aromatic heterocycles. The number of hydrogen-bond donors (Lipinski definition) is 1. The van der Waals surface area contributed by atoms with E-state index in [1.807, 2.05) is 0 Å². The summed E-state index contributed by atoms with van der Waals surface area (Å²) in [4.78, 5) is 10.5. The summed E-state index contributed by atoms with van der Waals surface area (Å²) in [5.41, 5.74) is -1.61. The summed E-state index contributed by atoms with van der Waals surface area (Å²) < 4.78 is 54.9. The quantitative estimate of drug-likeness (QED) is 0.855. The van der Waals surface area contributed by atoms with Crippen LogP contribution < -0.4 is 0 Å². The lowest BCUT2D eigenvalue weighted by atomic mass is 10.1. The maximum absolute atomic E-state index is 13.5. The maximum Gasteiger partial charge on any atom is 0.416 e. The van der Waals surface area contributed by atoms with Crippen molar-refractivity contribution in [3.8, 4) is 11.3 Å². The Morgan fingerprint density at radius 2 is 1.95 bits per heavy atom. The molecule has 4 nitrogen and oxygen atoms in total. The Morgan fingerprint density at radius 1 is 1.26 bits per heavy atom. The van der Waals surface area contributed by atoms with Crippen molar-refractivity contribution < 1.29 is 32.0 Å². The molecule has 2 aromatic rings. The number of alkyl halides is 3. The molecule has 2 rings (SSSR count). The minimum atomic E-state index is -4.66. The number of benzene rings is 1. The summed E-state index contributed by atoms with van der Waals surface area (Å²) in [6, 6.07) is 2.77. The molecule has 19 heavy (non-hydrogen) atoms. The molecular weight excluding hydrogens is 270 g/mol. The fraction of sp³-hybridized carbons (Fsp3) is 0.0909. The summed E-state index contributed by atoms with van der Waals surface area (Å²) in [6.45, 7) is 0. The minimum absolute atomic E-state index is 0.191. The smallest absolute Gasteiger partial charge is 0.416 e. The van der Waals surface area contributed by atoms with Crippen LogP contribution in [0.2, 0.25) is 0 Å². The summed E-state index contributed by atoms with van der Waals surface area (Å²) in [7, 11) is 0. The molecule has 8 heteroatoms. The lowest BCUT2D eigenvalue weighted by Gasteiger charge is -2.07. The molecule has 1 N–H and O–H groups in total. The van der Waals surface area contributed by atoms with Gasteiger partial charge in [-0.2, -0.15) is 13.2 Å². The molecule has 0 atom stereocenters. The Balaban J connectivity index is 2.43. The predicted octanol–water partition coefficient (Wildman–Crippen LogP) is 3.20. The normalized spacial score (nSPS) is 11.6. The van der Waals surface area contributed by atoms with Crippen LogP contribution in [0.5, 0.6) is 0 Å². The highest BCUT2D eigenvalue weighted by molar-refractivity contribution is 5.85. The van der Waals surface area contributed by atoms with Gasteiger partial charge in [-0.05, 0) is 18.2 Å². The molecule has 100 valence electrons. The van der Waals surface area contributed by atoms with E-state index in [0.29, 0.717) is 12.1 Å². The Kier molecular flexibility index (Phi) is 3.01. The van der Waals surface area contributed by atoms with Crippen molar-refractivity contribution in [2.45, 2.75) is 6.18 Å². The standard InChI is InChI=1S/C11H5F4NO3/c12-7-3-5(11(13,14)15)1-2-6(7)8-4-9(10(17)18)19-16-8/h1-4H,(H,17,18). The van der Waals surface area contributed by atoms with Gasteiger partial charge in [-0.15, -0.1) is 0 Å². The minimum Gasteiger partial charge on any atom is -0.475 e. The van der Waals surface area contributed by atoms with Crippen LogP contribution in [0.15, 0.2) is 28.8 Å². The number of carboxylic acids is 1. The van der Waals surface area contributed by atoms with E-state index in [2.05, 4.69) is 9.68 Å². The van der Waals surface area contributed by atoms with Crippen LogP contribution >= 0.6 is 0 Å². The topological polar surface area (TPSA) is 63.3 Å². The molecule has 0 spiro atoms. The number of aromatic nitrogens is 1. The SMILES string of the molecule is O=C(O)c1cc(-c2ccc(C(F)(F)F)cc2F)no1. The highest BCUT2D eigenvalue weighted by atomic mass is 19.4. The number of halogens is 4. The van der Waals surface area contributed by atoms with E-state index < -0.39 is 29.3 Å². The van der Waals surface area contributed by atoms with E-state index in [0.717, 1.165) is 12.1 Å². The van der Waals surface area contributed by atoms with Gasteiger partial charge >= 0.3 is 12.1 Å². The average Bonchev–Trinajstić information content (AvgIpc) is 2.76. The molecule has 0 saturated heterocycles. The second-order valence-electron chi connectivity index (χ2n) is 3.57. The Bertz CT molecular complexity index is 633. The third-order valence-electron chi connectivity index (χ3n) is 2.29. The van der Waals surface area contributed by atoms with Gasteiger partial charge in [-0.1, -0.05) is 5.16 Å². The van der Waals surface area contributed by atoms with Gasteiger partial charge in [0.15, 0.2) is 0 Å². The zero-order chi connectivity index (χ0) is 14.2. The molecule has 1 heterocycles. The largest absolute Gasteiger partial charge is 0.475 e. The molecular formula is C11H5F4NO3. The van der Waals surface area contributed by atoms with Crippen molar-refractivity contribution in [3.63, 3.8) is 0 Å². The van der Waals surface area contributed by atoms with Gasteiger partial charge in [-0.25, -0.2) is 9.18 Å². The second kappa shape index (κ2) is 4.38. The molecule has 0 amide bonds. The zero-order valence-electron chi connectivity index (χ0n) is 9.03. The van der Waals surface area contributed by atoms with Crippen LogP contribution in [0.3, 0.4) is 0 Å². The third kappa shape index (κ3) is 2.56. The van der Waals surface area contributed by atoms with Gasteiger partial charge < -0.3 is 9.63 Å². The van der Waals surface area contributed by atoms with Gasteiger partial charge in [0.1, 0.15) is 11.5 Å². The highest BCUT2D eigenvalue weighted by Crippen LogP contribution is 2.32. The molecule has 0 aliphatic carbocycles. The van der Waals surface area contributed by atoms with E-state index in [4.69, 9.17) is 5.11 Å². The van der Waals surface area contributed by atoms with Crippen LogP contribution in [0.25, 0.3) is 11.3 Å². The number of hydrogen-bond acceptors (Lipinski definition) is 3. The molecule has 0 aliphatic heterocycles. The van der Waals surface area contributed by atoms with E-state index >= 15 is 0 Å². The van der Waals surface area contributed by atoms with Gasteiger partial charge in [0.25, 0.3) is 0 Å². The predicted molar refractivity (Wildman–Crippen MR) is 53.9 cm³/mol. The van der Waals surface area contributed by atoms with E-state index in [-0.39, 0.29) is 11.3 Å². The van der Waals surface area contributed by atoms with Crippen LogP contribution in [-0.4, -0.2) is 16.2 Å². The molecule has 0 fully saturated rings. The van der Waals surface area contributed by atoms with Gasteiger partial charge in [0.05, 0.1) is 5.56 Å². The summed E-state index contributed by atoms with van der Waals surface area (Å²) >= 11 is 0. The third-order valence-corrected chi connectivity index (χ3v) is 2.29. The lowest BCUT2D eigenvalue weighted by Crippen LogP contribution is -2.05. The first-order valence-corrected chi connectivity index (χ1v) is 4.86. The van der Waals surface area contributed by atoms with Crippen molar-refractivity contribution in [1.29, 1.82) is 0 Å².